The van der Waals surface area contributed by atoms with Gasteiger partial charge in [0.05, 0.1) is 26.4 Å². The Hall–Kier alpha value is -3.03. The first kappa shape index (κ1) is 16.3. The second kappa shape index (κ2) is 6.82. The number of carbonyl (C=O) groups excluding carboxylic acids is 1. The number of hydrogen-bond acceptors (Lipinski definition) is 7. The summed E-state index contributed by atoms with van der Waals surface area (Å²) < 4.78 is 20.4. The maximum absolute atomic E-state index is 11.4. The number of hydrogen-bond donors (Lipinski definition) is 3. The van der Waals surface area contributed by atoms with Gasteiger partial charge in [-0.2, -0.15) is 0 Å². The molecule has 0 saturated carbocycles. The molecular formula is C15H17NO7. The van der Waals surface area contributed by atoms with Gasteiger partial charge in [0.25, 0.3) is 0 Å². The van der Waals surface area contributed by atoms with E-state index in [0.717, 1.165) is 0 Å². The average Bonchev–Trinajstić information content (AvgIpc) is 2.82. The molecule has 0 unspecified atom stereocenters. The van der Waals surface area contributed by atoms with Gasteiger partial charge in [0.1, 0.15) is 11.5 Å². The molecule has 23 heavy (non-hydrogen) atoms. The topological polar surface area (TPSA) is 110 Å². The van der Waals surface area contributed by atoms with Crippen LogP contribution < -0.4 is 14.8 Å². The largest absolute Gasteiger partial charge is 0.502 e. The quantitative estimate of drug-likeness (QED) is 0.775. The summed E-state index contributed by atoms with van der Waals surface area (Å²) in [6.07, 6.45) is -0.819. The van der Waals surface area contributed by atoms with Crippen molar-refractivity contribution >= 4 is 12.0 Å². The molecule has 0 fully saturated rings. The Balaban J connectivity index is 2.46. The summed E-state index contributed by atoms with van der Waals surface area (Å²) in [5, 5.41) is 22.2. The molecule has 1 aromatic carbocycles. The highest BCUT2D eigenvalue weighted by Gasteiger charge is 2.25. The Morgan fingerprint density at radius 3 is 2.57 bits per heavy atom. The average molecular weight is 323 g/mol. The fraction of sp³-hybridized carbons (Fsp3) is 0.267. The molecule has 8 nitrogen and oxygen atoms in total. The van der Waals surface area contributed by atoms with Crippen molar-refractivity contribution in [2.75, 3.05) is 26.1 Å². The predicted molar refractivity (Wildman–Crippen MR) is 81.2 cm³/mol. The van der Waals surface area contributed by atoms with Crippen LogP contribution in [0.5, 0.6) is 23.0 Å². The lowest BCUT2D eigenvalue weighted by molar-refractivity contribution is 0.167. The number of aromatic hydroxyl groups is 2. The minimum absolute atomic E-state index is 0.0787. The van der Waals surface area contributed by atoms with Crippen LogP contribution in [0.15, 0.2) is 22.6 Å². The van der Waals surface area contributed by atoms with Crippen LogP contribution >= 0.6 is 0 Å². The van der Waals surface area contributed by atoms with E-state index in [4.69, 9.17) is 13.9 Å². The van der Waals surface area contributed by atoms with E-state index in [2.05, 4.69) is 10.1 Å². The highest BCUT2D eigenvalue weighted by atomic mass is 16.6. The van der Waals surface area contributed by atoms with Gasteiger partial charge in [0.2, 0.25) is 17.4 Å². The first-order valence-corrected chi connectivity index (χ1v) is 6.72. The highest BCUT2D eigenvalue weighted by Crippen LogP contribution is 2.48. The Labute approximate surface area is 132 Å². The molecule has 2 rings (SSSR count). The zero-order valence-electron chi connectivity index (χ0n) is 12.9. The van der Waals surface area contributed by atoms with Crippen LogP contribution in [0.3, 0.4) is 0 Å². The molecule has 0 atom stereocenters. The third-order valence-electron chi connectivity index (χ3n) is 3.00. The number of ether oxygens (including phenoxy) is 3. The summed E-state index contributed by atoms with van der Waals surface area (Å²) >= 11 is 0. The number of nitrogens with one attached hydrogen (secondary N) is 1. The van der Waals surface area contributed by atoms with Crippen molar-refractivity contribution in [2.24, 2.45) is 0 Å². The SMILES string of the molecule is CCOC(=O)Nc1oc(-c2cc(OC)ccc2OC)c(O)c1O. The van der Waals surface area contributed by atoms with E-state index >= 15 is 0 Å². The van der Waals surface area contributed by atoms with Crippen molar-refractivity contribution in [3.05, 3.63) is 18.2 Å². The van der Waals surface area contributed by atoms with Crippen molar-refractivity contribution in [1.29, 1.82) is 0 Å². The minimum Gasteiger partial charge on any atom is -0.502 e. The normalized spacial score (nSPS) is 10.2. The van der Waals surface area contributed by atoms with E-state index in [1.807, 2.05) is 0 Å². The molecular weight excluding hydrogens is 306 g/mol. The van der Waals surface area contributed by atoms with Crippen LogP contribution in [0.25, 0.3) is 11.3 Å². The monoisotopic (exact) mass is 323 g/mol. The summed E-state index contributed by atoms with van der Waals surface area (Å²) in [4.78, 5) is 11.4. The molecule has 124 valence electrons. The van der Waals surface area contributed by atoms with Gasteiger partial charge >= 0.3 is 6.09 Å². The first-order valence-electron chi connectivity index (χ1n) is 6.72. The summed E-state index contributed by atoms with van der Waals surface area (Å²) in [5.41, 5.74) is 0.344. The number of anilines is 1. The van der Waals surface area contributed by atoms with Gasteiger partial charge in [-0.3, -0.25) is 5.32 Å². The van der Waals surface area contributed by atoms with E-state index in [1.54, 1.807) is 25.1 Å². The van der Waals surface area contributed by atoms with E-state index in [0.29, 0.717) is 17.1 Å². The van der Waals surface area contributed by atoms with Crippen molar-refractivity contribution in [3.8, 4) is 34.3 Å². The van der Waals surface area contributed by atoms with Crippen LogP contribution in [0.4, 0.5) is 10.7 Å². The number of benzene rings is 1. The molecule has 3 N–H and O–H groups in total. The summed E-state index contributed by atoms with van der Waals surface area (Å²) in [6.45, 7) is 1.78. The second-order valence-electron chi connectivity index (χ2n) is 4.37. The molecule has 1 amide bonds. The molecule has 1 aromatic heterocycles. The van der Waals surface area contributed by atoms with Gasteiger partial charge in [-0.25, -0.2) is 4.79 Å². The Kier molecular flexibility index (Phi) is 4.85. The Bertz CT molecular complexity index is 708. The zero-order valence-corrected chi connectivity index (χ0v) is 12.9. The number of methoxy groups -OCH3 is 2. The highest BCUT2D eigenvalue weighted by molar-refractivity contribution is 5.88. The van der Waals surface area contributed by atoms with Crippen molar-refractivity contribution < 1.29 is 33.6 Å². The van der Waals surface area contributed by atoms with Gasteiger partial charge < -0.3 is 28.8 Å². The number of furan rings is 1. The molecule has 1 heterocycles. The minimum atomic E-state index is -0.819. The van der Waals surface area contributed by atoms with Gasteiger partial charge in [-0.05, 0) is 25.1 Å². The van der Waals surface area contributed by atoms with Crippen LogP contribution in [0, 0.1) is 0 Å². The molecule has 0 saturated heterocycles. The van der Waals surface area contributed by atoms with Gasteiger partial charge in [-0.1, -0.05) is 0 Å². The van der Waals surface area contributed by atoms with Crippen molar-refractivity contribution in [2.45, 2.75) is 6.92 Å². The number of carbonyl (C=O) groups is 1. The Morgan fingerprint density at radius 2 is 1.96 bits per heavy atom. The predicted octanol–water partition coefficient (Wildman–Crippen LogP) is 2.94. The molecule has 0 spiro atoms. The van der Waals surface area contributed by atoms with Crippen LogP contribution in [-0.2, 0) is 4.74 Å². The molecule has 0 aliphatic heterocycles. The lowest BCUT2D eigenvalue weighted by Crippen LogP contribution is -2.12. The van der Waals surface area contributed by atoms with Gasteiger partial charge in [-0.15, -0.1) is 0 Å². The van der Waals surface area contributed by atoms with Crippen molar-refractivity contribution in [1.82, 2.24) is 0 Å². The van der Waals surface area contributed by atoms with Crippen LogP contribution in [0.2, 0.25) is 0 Å². The molecule has 2 aromatic rings. The van der Waals surface area contributed by atoms with E-state index in [9.17, 15) is 15.0 Å². The summed E-state index contributed by atoms with van der Waals surface area (Å²) in [7, 11) is 2.93. The fourth-order valence-corrected chi connectivity index (χ4v) is 1.93. The molecule has 0 bridgehead atoms. The van der Waals surface area contributed by atoms with E-state index in [1.165, 1.54) is 14.2 Å². The van der Waals surface area contributed by atoms with Crippen molar-refractivity contribution in [3.63, 3.8) is 0 Å². The molecule has 8 heteroatoms. The van der Waals surface area contributed by atoms with E-state index in [-0.39, 0.29) is 18.3 Å². The third-order valence-corrected chi connectivity index (χ3v) is 3.00. The Morgan fingerprint density at radius 1 is 1.22 bits per heavy atom. The standard InChI is InChI=1S/C15H17NO7/c1-4-22-15(19)16-14-12(18)11(17)13(23-14)9-7-8(20-2)5-6-10(9)21-3/h5-7,17-18H,4H2,1-3H3,(H,16,19). The summed E-state index contributed by atoms with van der Waals surface area (Å²) in [6, 6.07) is 4.84. The smallest absolute Gasteiger partial charge is 0.414 e. The van der Waals surface area contributed by atoms with E-state index < -0.39 is 17.6 Å². The molecule has 0 aliphatic rings. The fourth-order valence-electron chi connectivity index (χ4n) is 1.93. The zero-order chi connectivity index (χ0) is 17.0. The van der Waals surface area contributed by atoms with Crippen LogP contribution in [0.1, 0.15) is 6.92 Å². The third kappa shape index (κ3) is 3.25. The van der Waals surface area contributed by atoms with Gasteiger partial charge in [0, 0.05) is 0 Å². The first-order chi connectivity index (χ1) is 11.0. The lowest BCUT2D eigenvalue weighted by Gasteiger charge is -2.08. The molecule has 0 radical (unpaired) electrons. The number of rotatable bonds is 5. The number of amides is 1. The summed E-state index contributed by atoms with van der Waals surface area (Å²) in [5.74, 6) is -0.680. The second-order valence-corrected chi connectivity index (χ2v) is 4.37. The maximum Gasteiger partial charge on any atom is 0.414 e. The maximum atomic E-state index is 11.4. The lowest BCUT2D eigenvalue weighted by atomic mass is 10.1. The molecule has 0 aliphatic carbocycles. The van der Waals surface area contributed by atoms with Gasteiger partial charge in [0.15, 0.2) is 5.76 Å². The van der Waals surface area contributed by atoms with Crippen LogP contribution in [-0.4, -0.2) is 37.1 Å².